The fourth-order valence-electron chi connectivity index (χ4n) is 3.53. The third-order valence-corrected chi connectivity index (χ3v) is 4.99. The highest BCUT2D eigenvalue weighted by molar-refractivity contribution is 5.83. The summed E-state index contributed by atoms with van der Waals surface area (Å²) in [5.74, 6) is -0.312. The molecule has 0 aromatic heterocycles. The predicted octanol–water partition coefficient (Wildman–Crippen LogP) is 3.97. The summed E-state index contributed by atoms with van der Waals surface area (Å²) in [4.78, 5) is 27.3. The quantitative estimate of drug-likeness (QED) is 0.817. The van der Waals surface area contributed by atoms with Crippen molar-refractivity contribution in [1.82, 2.24) is 10.2 Å². The van der Waals surface area contributed by atoms with Crippen LogP contribution >= 0.6 is 0 Å². The first-order valence-electron chi connectivity index (χ1n) is 9.88. The van der Waals surface area contributed by atoms with Gasteiger partial charge < -0.3 is 10.2 Å². The van der Waals surface area contributed by atoms with Gasteiger partial charge in [0.2, 0.25) is 11.8 Å². The lowest BCUT2D eigenvalue weighted by Crippen LogP contribution is -2.37. The van der Waals surface area contributed by atoms with Crippen LogP contribution in [0.4, 0.5) is 4.39 Å². The molecule has 1 aromatic rings. The van der Waals surface area contributed by atoms with Crippen LogP contribution in [-0.2, 0) is 9.59 Å². The molecular weight excluding hydrogens is 343 g/mol. The number of halogens is 1. The summed E-state index contributed by atoms with van der Waals surface area (Å²) in [6, 6.07) is 6.40. The molecule has 0 spiro atoms. The molecule has 2 amide bonds. The van der Waals surface area contributed by atoms with E-state index in [9.17, 15) is 14.0 Å². The first kappa shape index (κ1) is 21.4. The van der Waals surface area contributed by atoms with Gasteiger partial charge in [0.15, 0.2) is 0 Å². The van der Waals surface area contributed by atoms with E-state index in [0.29, 0.717) is 32.0 Å². The van der Waals surface area contributed by atoms with Gasteiger partial charge in [0.25, 0.3) is 0 Å². The number of carbonyl (C=O) groups is 2. The maximum absolute atomic E-state index is 13.7. The smallest absolute Gasteiger partial charge is 0.225 e. The molecule has 0 bridgehead atoms. The number of nitrogens with one attached hydrogen (secondary N) is 1. The molecule has 2 atom stereocenters. The molecule has 2 rings (SSSR count). The topological polar surface area (TPSA) is 49.4 Å². The van der Waals surface area contributed by atoms with Crippen molar-refractivity contribution >= 4 is 11.8 Å². The second kappa shape index (κ2) is 8.85. The second-order valence-electron chi connectivity index (χ2n) is 9.28. The molecular formula is C22H33FN2O2. The van der Waals surface area contributed by atoms with E-state index < -0.39 is 0 Å². The zero-order valence-electron chi connectivity index (χ0n) is 17.2. The molecule has 0 saturated carbocycles. The second-order valence-corrected chi connectivity index (χ2v) is 9.28. The molecule has 1 aromatic carbocycles. The van der Waals surface area contributed by atoms with E-state index in [1.807, 2.05) is 26.8 Å². The minimum Gasteiger partial charge on any atom is -0.356 e. The van der Waals surface area contributed by atoms with E-state index in [4.69, 9.17) is 0 Å². The first-order chi connectivity index (χ1) is 12.6. The molecule has 4 nitrogen and oxygen atoms in total. The summed E-state index contributed by atoms with van der Waals surface area (Å²) in [6.07, 6.45) is 1.35. The van der Waals surface area contributed by atoms with Gasteiger partial charge in [0.05, 0.1) is 5.92 Å². The number of benzene rings is 1. The summed E-state index contributed by atoms with van der Waals surface area (Å²) in [6.45, 7) is 11.8. The lowest BCUT2D eigenvalue weighted by molar-refractivity contribution is -0.132. The van der Waals surface area contributed by atoms with Gasteiger partial charge in [0, 0.05) is 32.0 Å². The predicted molar refractivity (Wildman–Crippen MR) is 106 cm³/mol. The summed E-state index contributed by atoms with van der Waals surface area (Å²) < 4.78 is 13.7. The molecule has 0 radical (unpaired) electrons. The van der Waals surface area contributed by atoms with E-state index in [2.05, 4.69) is 19.2 Å². The first-order valence-corrected chi connectivity index (χ1v) is 9.88. The average molecular weight is 377 g/mol. The van der Waals surface area contributed by atoms with Crippen LogP contribution in [-0.4, -0.2) is 36.3 Å². The van der Waals surface area contributed by atoms with E-state index in [1.54, 1.807) is 11.0 Å². The van der Waals surface area contributed by atoms with E-state index in [0.717, 1.165) is 12.0 Å². The van der Waals surface area contributed by atoms with Gasteiger partial charge in [-0.15, -0.1) is 0 Å². The maximum atomic E-state index is 13.7. The number of rotatable bonds is 6. The van der Waals surface area contributed by atoms with Crippen molar-refractivity contribution in [2.75, 3.05) is 19.6 Å². The van der Waals surface area contributed by atoms with E-state index in [-0.39, 0.29) is 34.9 Å². The van der Waals surface area contributed by atoms with Gasteiger partial charge in [-0.3, -0.25) is 9.59 Å². The van der Waals surface area contributed by atoms with E-state index in [1.165, 1.54) is 12.1 Å². The standard InChI is InChI=1S/C22H33FN2O2/c1-15(2)9-10-24-21(27)19-14-25(20(26)12-22(3,4)5)13-18(19)16-7-6-8-17(23)11-16/h6-8,11,15,18-19H,9-10,12-14H2,1-5H3,(H,24,27). The molecule has 1 saturated heterocycles. The van der Waals surface area contributed by atoms with Gasteiger partial charge in [-0.1, -0.05) is 46.8 Å². The van der Waals surface area contributed by atoms with Gasteiger partial charge >= 0.3 is 0 Å². The minimum atomic E-state index is -0.345. The molecule has 27 heavy (non-hydrogen) atoms. The van der Waals surface area contributed by atoms with Crippen molar-refractivity contribution < 1.29 is 14.0 Å². The molecule has 1 aliphatic rings. The molecule has 1 aliphatic heterocycles. The van der Waals surface area contributed by atoms with Crippen LogP contribution < -0.4 is 5.32 Å². The van der Waals surface area contributed by atoms with Crippen molar-refractivity contribution in [2.45, 2.75) is 53.4 Å². The summed E-state index contributed by atoms with van der Waals surface area (Å²) in [5.41, 5.74) is 0.674. The highest BCUT2D eigenvalue weighted by Crippen LogP contribution is 2.34. The SMILES string of the molecule is CC(C)CCNC(=O)C1CN(C(=O)CC(C)(C)C)CC1c1cccc(F)c1. The number of nitrogens with zero attached hydrogens (tertiary/aromatic N) is 1. The fourth-order valence-corrected chi connectivity index (χ4v) is 3.53. The van der Waals surface area contributed by atoms with Crippen LogP contribution in [0.2, 0.25) is 0 Å². The number of hydrogen-bond donors (Lipinski definition) is 1. The summed E-state index contributed by atoms with van der Waals surface area (Å²) in [5, 5.41) is 3.01. The van der Waals surface area contributed by atoms with Crippen LogP contribution in [0.5, 0.6) is 0 Å². The fraction of sp³-hybridized carbons (Fsp3) is 0.636. The van der Waals surface area contributed by atoms with Crippen LogP contribution in [0.15, 0.2) is 24.3 Å². The summed E-state index contributed by atoms with van der Waals surface area (Å²) in [7, 11) is 0. The molecule has 150 valence electrons. The maximum Gasteiger partial charge on any atom is 0.225 e. The van der Waals surface area contributed by atoms with Crippen LogP contribution in [0, 0.1) is 23.1 Å². The Morgan fingerprint density at radius 1 is 1.26 bits per heavy atom. The van der Waals surface area contributed by atoms with Crippen molar-refractivity contribution in [3.8, 4) is 0 Å². The van der Waals surface area contributed by atoms with Gasteiger partial charge in [0.1, 0.15) is 5.82 Å². The minimum absolute atomic E-state index is 0.0454. The van der Waals surface area contributed by atoms with Crippen molar-refractivity contribution in [2.24, 2.45) is 17.3 Å². The van der Waals surface area contributed by atoms with Crippen LogP contribution in [0.1, 0.15) is 58.9 Å². The zero-order valence-corrected chi connectivity index (χ0v) is 17.2. The third kappa shape index (κ3) is 6.33. The van der Waals surface area contributed by atoms with Crippen molar-refractivity contribution in [3.05, 3.63) is 35.6 Å². The molecule has 2 unspecified atom stereocenters. The van der Waals surface area contributed by atoms with Gasteiger partial charge in [-0.25, -0.2) is 4.39 Å². The molecule has 1 heterocycles. The third-order valence-electron chi connectivity index (χ3n) is 4.99. The molecule has 0 aliphatic carbocycles. The van der Waals surface area contributed by atoms with E-state index >= 15 is 0 Å². The van der Waals surface area contributed by atoms with Gasteiger partial charge in [-0.05, 0) is 35.4 Å². The Morgan fingerprint density at radius 2 is 1.96 bits per heavy atom. The normalized spacial score (nSPS) is 20.2. The number of likely N-dealkylation sites (tertiary alicyclic amines) is 1. The Kier molecular flexibility index (Phi) is 7.01. The van der Waals surface area contributed by atoms with Crippen molar-refractivity contribution in [1.29, 1.82) is 0 Å². The lowest BCUT2D eigenvalue weighted by atomic mass is 9.88. The average Bonchev–Trinajstić information content (AvgIpc) is 2.98. The number of hydrogen-bond acceptors (Lipinski definition) is 2. The Hall–Kier alpha value is -1.91. The largest absolute Gasteiger partial charge is 0.356 e. The summed E-state index contributed by atoms with van der Waals surface area (Å²) >= 11 is 0. The lowest BCUT2D eigenvalue weighted by Gasteiger charge is -2.23. The molecule has 5 heteroatoms. The van der Waals surface area contributed by atoms with Gasteiger partial charge in [-0.2, -0.15) is 0 Å². The molecule has 1 fully saturated rings. The van der Waals surface area contributed by atoms with Crippen LogP contribution in [0.25, 0.3) is 0 Å². The van der Waals surface area contributed by atoms with Crippen molar-refractivity contribution in [3.63, 3.8) is 0 Å². The Morgan fingerprint density at radius 3 is 2.56 bits per heavy atom. The number of carbonyl (C=O) groups excluding carboxylic acids is 2. The zero-order chi connectivity index (χ0) is 20.2. The Bertz CT molecular complexity index is 667. The monoisotopic (exact) mass is 376 g/mol. The number of amides is 2. The Balaban J connectivity index is 2.16. The highest BCUT2D eigenvalue weighted by atomic mass is 19.1. The van der Waals surface area contributed by atoms with Crippen LogP contribution in [0.3, 0.4) is 0 Å². The molecule has 1 N–H and O–H groups in total. The Labute approximate surface area is 162 Å². The highest BCUT2D eigenvalue weighted by Gasteiger charge is 2.40.